The maximum Gasteiger partial charge on any atom is 0.245 e. The number of carbonyl (C=O) groups is 3. The van der Waals surface area contributed by atoms with Crippen molar-refractivity contribution in [1.82, 2.24) is 4.90 Å². The SMILES string of the molecule is CCC(=O)N=C1C=C2C(=C/C1=C1\C(=O)C(c3cc4c(cc3NC(=O)CC)N(CC)C(c3ccccc3)C4c3ccccc3)=C1O)C(c1ccccc1)C(c1ccccc1)N2CC. The Hall–Kier alpha value is -7.06. The summed E-state index contributed by atoms with van der Waals surface area (Å²) < 4.78 is 0. The van der Waals surface area contributed by atoms with Gasteiger partial charge < -0.3 is 20.2 Å². The van der Waals surface area contributed by atoms with Crippen molar-refractivity contribution in [2.75, 3.05) is 23.3 Å². The van der Waals surface area contributed by atoms with Crippen molar-refractivity contribution in [2.45, 2.75) is 64.5 Å². The highest BCUT2D eigenvalue weighted by Crippen LogP contribution is 2.57. The van der Waals surface area contributed by atoms with Crippen molar-refractivity contribution < 1.29 is 19.5 Å². The minimum Gasteiger partial charge on any atom is -0.506 e. The molecule has 2 aliphatic heterocycles. The van der Waals surface area contributed by atoms with Gasteiger partial charge in [-0.05, 0) is 71.5 Å². The highest BCUT2D eigenvalue weighted by molar-refractivity contribution is 6.42. The number of anilines is 2. The van der Waals surface area contributed by atoms with Crippen LogP contribution in [-0.4, -0.2) is 46.4 Å². The van der Waals surface area contributed by atoms with Crippen LogP contribution in [0, 0.1) is 0 Å². The molecule has 5 aromatic carbocycles. The summed E-state index contributed by atoms with van der Waals surface area (Å²) >= 11 is 0. The van der Waals surface area contributed by atoms with E-state index in [1.165, 1.54) is 0 Å². The van der Waals surface area contributed by atoms with Gasteiger partial charge in [-0.2, -0.15) is 0 Å². The van der Waals surface area contributed by atoms with E-state index in [1.54, 1.807) is 13.8 Å². The van der Waals surface area contributed by atoms with E-state index < -0.39 is 0 Å². The number of Topliss-reactive ketones (excluding diaryl/α,β-unsaturated/α-hetero) is 1. The van der Waals surface area contributed by atoms with Crippen molar-refractivity contribution in [2.24, 2.45) is 4.99 Å². The highest BCUT2D eigenvalue weighted by Gasteiger charge is 2.47. The number of amides is 2. The van der Waals surface area contributed by atoms with E-state index in [1.807, 2.05) is 84.9 Å². The maximum atomic E-state index is 15.0. The number of fused-ring (bicyclic) bond motifs is 2. The second-order valence-corrected chi connectivity index (χ2v) is 16.1. The number of nitrogens with zero attached hydrogens (tertiary/aromatic N) is 3. The predicted molar refractivity (Wildman–Crippen MR) is 247 cm³/mol. The summed E-state index contributed by atoms with van der Waals surface area (Å²) in [5.74, 6) is -1.33. The molecule has 2 amide bonds. The minimum absolute atomic E-state index is 0.0583. The molecular weight excluding hydrogens is 769 g/mol. The van der Waals surface area contributed by atoms with Crippen LogP contribution >= 0.6 is 0 Å². The highest BCUT2D eigenvalue weighted by atomic mass is 16.3. The Morgan fingerprint density at radius 2 is 1.18 bits per heavy atom. The van der Waals surface area contributed by atoms with Gasteiger partial charge in [0.1, 0.15) is 5.76 Å². The average Bonchev–Trinajstić information content (AvgIpc) is 3.81. The number of rotatable bonds is 10. The maximum absolute atomic E-state index is 15.0. The summed E-state index contributed by atoms with van der Waals surface area (Å²) in [5.41, 5.74) is 10.3. The number of hydrogen-bond donors (Lipinski definition) is 2. The van der Waals surface area contributed by atoms with Crippen LogP contribution < -0.4 is 10.2 Å². The summed E-state index contributed by atoms with van der Waals surface area (Å²) in [6, 6.07) is 45.3. The molecule has 9 rings (SSSR count). The first-order valence-electron chi connectivity index (χ1n) is 21.8. The number of aliphatic imine (C=N–C) groups is 1. The van der Waals surface area contributed by atoms with Gasteiger partial charge in [0.2, 0.25) is 17.6 Å². The van der Waals surface area contributed by atoms with E-state index in [4.69, 9.17) is 0 Å². The van der Waals surface area contributed by atoms with Gasteiger partial charge in [-0.3, -0.25) is 14.4 Å². The van der Waals surface area contributed by atoms with Gasteiger partial charge in [-0.15, -0.1) is 0 Å². The van der Waals surface area contributed by atoms with Crippen LogP contribution in [0.3, 0.4) is 0 Å². The van der Waals surface area contributed by atoms with Crippen LogP contribution in [0.25, 0.3) is 5.57 Å². The van der Waals surface area contributed by atoms with Gasteiger partial charge in [-0.1, -0.05) is 135 Å². The molecule has 2 aliphatic carbocycles. The quantitative estimate of drug-likeness (QED) is 0.136. The molecule has 0 bridgehead atoms. The molecular formula is C54H50N4O4. The molecule has 0 radical (unpaired) electrons. The zero-order valence-electron chi connectivity index (χ0n) is 35.5. The fourth-order valence-corrected chi connectivity index (χ4v) is 9.98. The van der Waals surface area contributed by atoms with Crippen LogP contribution in [-0.2, 0) is 14.4 Å². The van der Waals surface area contributed by atoms with Crippen LogP contribution in [0.4, 0.5) is 11.4 Å². The monoisotopic (exact) mass is 818 g/mol. The second-order valence-electron chi connectivity index (χ2n) is 16.1. The molecule has 8 nitrogen and oxygen atoms in total. The zero-order valence-corrected chi connectivity index (χ0v) is 35.5. The molecule has 8 heteroatoms. The van der Waals surface area contributed by atoms with Gasteiger partial charge in [0.05, 0.1) is 34.6 Å². The molecule has 0 spiro atoms. The lowest BCUT2D eigenvalue weighted by molar-refractivity contribution is -0.117. The number of hydrogen-bond acceptors (Lipinski definition) is 6. The number of ketones is 1. The molecule has 4 atom stereocenters. The van der Waals surface area contributed by atoms with Crippen LogP contribution in [0.1, 0.15) is 97.8 Å². The summed E-state index contributed by atoms with van der Waals surface area (Å²) in [6.45, 7) is 9.19. The molecule has 5 aromatic rings. The third-order valence-corrected chi connectivity index (χ3v) is 12.8. The van der Waals surface area contributed by atoms with E-state index in [0.717, 1.165) is 44.8 Å². The number of aliphatic hydroxyl groups is 1. The lowest BCUT2D eigenvalue weighted by Crippen LogP contribution is -2.28. The molecule has 310 valence electrons. The van der Waals surface area contributed by atoms with E-state index in [0.29, 0.717) is 35.6 Å². The summed E-state index contributed by atoms with van der Waals surface area (Å²) in [7, 11) is 0. The lowest BCUT2D eigenvalue weighted by atomic mass is 9.75. The normalized spacial score (nSPS) is 22.3. The van der Waals surface area contributed by atoms with Crippen LogP contribution in [0.2, 0.25) is 0 Å². The fourth-order valence-electron chi connectivity index (χ4n) is 9.98. The van der Waals surface area contributed by atoms with Crippen molar-refractivity contribution in [1.29, 1.82) is 0 Å². The van der Waals surface area contributed by atoms with E-state index in [2.05, 4.69) is 94.6 Å². The Kier molecular flexibility index (Phi) is 10.9. The molecule has 4 aliphatic rings. The van der Waals surface area contributed by atoms with E-state index >= 15 is 0 Å². The first-order chi connectivity index (χ1) is 30.3. The molecule has 1 saturated heterocycles. The van der Waals surface area contributed by atoms with Crippen molar-refractivity contribution in [3.63, 3.8) is 0 Å². The average molecular weight is 819 g/mol. The number of likely N-dealkylation sites (tertiary alicyclic amines) is 1. The predicted octanol–water partition coefficient (Wildman–Crippen LogP) is 11.0. The largest absolute Gasteiger partial charge is 0.506 e. The smallest absolute Gasteiger partial charge is 0.245 e. The molecule has 1 fully saturated rings. The summed E-state index contributed by atoms with van der Waals surface area (Å²) in [5, 5.41) is 15.4. The Morgan fingerprint density at radius 1 is 0.645 bits per heavy atom. The Morgan fingerprint density at radius 3 is 1.69 bits per heavy atom. The van der Waals surface area contributed by atoms with Gasteiger partial charge >= 0.3 is 0 Å². The Labute approximate surface area is 363 Å². The minimum atomic E-state index is -0.378. The lowest BCUT2D eigenvalue weighted by Gasteiger charge is -2.30. The molecule has 4 unspecified atom stereocenters. The van der Waals surface area contributed by atoms with Crippen molar-refractivity contribution >= 4 is 40.3 Å². The van der Waals surface area contributed by atoms with Crippen molar-refractivity contribution in [3.05, 3.63) is 207 Å². The topological polar surface area (TPSA) is 102 Å². The van der Waals surface area contributed by atoms with Gasteiger partial charge in [0, 0.05) is 60.3 Å². The standard InChI is InChI=1S/C54H50N4O4/c1-5-45(59)55-41-31-43-39(47(33-21-13-9-14-22-33)51(57(43)7-3)35-25-17-11-18-26-35)29-37(41)49-53(61)50(54(49)62)38-30-40-44(32-42(38)56-46(60)6-2)58(8-4)52(36-27-19-12-20-28-36)48(40)34-23-15-10-16-24-34/h9-32,47-48,51-52,61H,5-8H2,1-4H3,(H,55,59)/b50-38+,56-42?. The zero-order chi connectivity index (χ0) is 43.1. The first-order valence-corrected chi connectivity index (χ1v) is 21.8. The molecule has 2 heterocycles. The fraction of sp³-hybridized carbons (Fsp3) is 0.222. The van der Waals surface area contributed by atoms with E-state index in [9.17, 15) is 19.5 Å². The molecule has 2 N–H and O–H groups in total. The molecule has 0 saturated carbocycles. The van der Waals surface area contributed by atoms with Gasteiger partial charge in [0.15, 0.2) is 0 Å². The number of benzene rings is 5. The van der Waals surface area contributed by atoms with E-state index in [-0.39, 0.29) is 71.3 Å². The molecule has 0 aromatic heterocycles. The van der Waals surface area contributed by atoms with Crippen LogP contribution in [0.15, 0.2) is 179 Å². The third kappa shape index (κ3) is 6.80. The van der Waals surface area contributed by atoms with Crippen LogP contribution in [0.5, 0.6) is 0 Å². The van der Waals surface area contributed by atoms with Crippen molar-refractivity contribution in [3.8, 4) is 0 Å². The number of carbonyl (C=O) groups excluding carboxylic acids is 3. The Balaban J connectivity index is 1.25. The van der Waals surface area contributed by atoms with Gasteiger partial charge in [0.25, 0.3) is 0 Å². The Bertz CT molecular complexity index is 2730. The number of likely N-dealkylation sites (N-methyl/N-ethyl adjacent to an activating group) is 2. The number of nitrogens with one attached hydrogen (secondary N) is 1. The second kappa shape index (κ2) is 16.8. The van der Waals surface area contributed by atoms with Gasteiger partial charge in [-0.25, -0.2) is 4.99 Å². The summed E-state index contributed by atoms with van der Waals surface area (Å²) in [6.07, 6.45) is 4.30. The summed E-state index contributed by atoms with van der Waals surface area (Å²) in [4.78, 5) is 50.6. The third-order valence-electron chi connectivity index (χ3n) is 12.8. The number of aliphatic hydroxyl groups excluding tert-OH is 1. The number of allylic oxidation sites excluding steroid dienone is 6. The molecule has 62 heavy (non-hydrogen) atoms. The first kappa shape index (κ1) is 40.4.